The second-order valence-corrected chi connectivity index (χ2v) is 4.49. The highest BCUT2D eigenvalue weighted by Gasteiger charge is 2.05. The molecule has 4 heteroatoms. The summed E-state index contributed by atoms with van der Waals surface area (Å²) in [4.78, 5) is 10.6. The second kappa shape index (κ2) is 6.89. The summed E-state index contributed by atoms with van der Waals surface area (Å²) in [5.74, 6) is 1.30. The third-order valence-corrected chi connectivity index (χ3v) is 2.51. The lowest BCUT2D eigenvalue weighted by Crippen LogP contribution is -2.24. The maximum atomic E-state index is 10.6. The smallest absolute Gasteiger partial charge is 0.118 e. The molecular formula is C13H20N2O2. The first-order valence-electron chi connectivity index (χ1n) is 5.87. The first-order chi connectivity index (χ1) is 8.15. The zero-order chi connectivity index (χ0) is 12.7. The van der Waals surface area contributed by atoms with E-state index in [1.165, 1.54) is 5.56 Å². The van der Waals surface area contributed by atoms with Crippen molar-refractivity contribution in [3.05, 3.63) is 34.7 Å². The van der Waals surface area contributed by atoms with Gasteiger partial charge in [0.1, 0.15) is 5.75 Å². The van der Waals surface area contributed by atoms with Crippen LogP contribution in [0.15, 0.2) is 29.6 Å². The molecular weight excluding hydrogens is 216 g/mol. The molecule has 0 amide bonds. The largest absolute Gasteiger partial charge is 0.497 e. The van der Waals surface area contributed by atoms with Crippen LogP contribution in [0.2, 0.25) is 0 Å². The molecule has 1 aromatic rings. The molecule has 1 rings (SSSR count). The van der Waals surface area contributed by atoms with E-state index < -0.39 is 0 Å². The van der Waals surface area contributed by atoms with Gasteiger partial charge in [-0.25, -0.2) is 0 Å². The molecule has 0 bridgehead atoms. The van der Waals surface area contributed by atoms with Crippen LogP contribution in [-0.2, 0) is 6.42 Å². The highest BCUT2D eigenvalue weighted by atomic mass is 16.5. The Morgan fingerprint density at radius 2 is 1.94 bits per heavy atom. The number of nitrogens with zero attached hydrogens (tertiary/aromatic N) is 2. The zero-order valence-corrected chi connectivity index (χ0v) is 10.7. The van der Waals surface area contributed by atoms with Crippen LogP contribution < -0.4 is 4.74 Å². The predicted molar refractivity (Wildman–Crippen MR) is 68.9 cm³/mol. The van der Waals surface area contributed by atoms with E-state index in [0.29, 0.717) is 19.0 Å². The van der Waals surface area contributed by atoms with Crippen molar-refractivity contribution >= 4 is 0 Å². The van der Waals surface area contributed by atoms with Gasteiger partial charge >= 0.3 is 0 Å². The zero-order valence-electron chi connectivity index (χ0n) is 10.7. The van der Waals surface area contributed by atoms with Crippen molar-refractivity contribution in [2.24, 2.45) is 11.2 Å². The SMILES string of the molecule is COc1ccc(CCN(CC(C)C)N=O)cc1. The minimum Gasteiger partial charge on any atom is -0.497 e. The van der Waals surface area contributed by atoms with Crippen LogP contribution in [0.25, 0.3) is 0 Å². The van der Waals surface area contributed by atoms with Gasteiger partial charge in [0.2, 0.25) is 0 Å². The minimum absolute atomic E-state index is 0.448. The molecule has 1 aromatic carbocycles. The fourth-order valence-electron chi connectivity index (χ4n) is 1.64. The summed E-state index contributed by atoms with van der Waals surface area (Å²) in [6.07, 6.45) is 0.822. The number of hydrogen-bond acceptors (Lipinski definition) is 3. The monoisotopic (exact) mass is 236 g/mol. The molecule has 0 saturated heterocycles. The Morgan fingerprint density at radius 3 is 2.41 bits per heavy atom. The summed E-state index contributed by atoms with van der Waals surface area (Å²) in [6, 6.07) is 7.88. The Kier molecular flexibility index (Phi) is 5.46. The molecule has 94 valence electrons. The Bertz CT molecular complexity index is 336. The molecule has 0 aliphatic heterocycles. The van der Waals surface area contributed by atoms with E-state index in [1.54, 1.807) is 12.1 Å². The van der Waals surface area contributed by atoms with Crippen LogP contribution in [0.3, 0.4) is 0 Å². The van der Waals surface area contributed by atoms with E-state index in [1.807, 2.05) is 24.3 Å². The van der Waals surface area contributed by atoms with Crippen molar-refractivity contribution < 1.29 is 4.74 Å². The van der Waals surface area contributed by atoms with Gasteiger partial charge in [0, 0.05) is 13.1 Å². The van der Waals surface area contributed by atoms with Crippen molar-refractivity contribution in [2.75, 3.05) is 20.2 Å². The van der Waals surface area contributed by atoms with Gasteiger partial charge in [0.15, 0.2) is 0 Å². The molecule has 0 N–H and O–H groups in total. The molecule has 17 heavy (non-hydrogen) atoms. The lowest BCUT2D eigenvalue weighted by Gasteiger charge is -2.17. The van der Waals surface area contributed by atoms with Crippen LogP contribution >= 0.6 is 0 Å². The topological polar surface area (TPSA) is 41.9 Å². The van der Waals surface area contributed by atoms with Crippen molar-refractivity contribution in [2.45, 2.75) is 20.3 Å². The molecule has 0 aliphatic carbocycles. The van der Waals surface area contributed by atoms with Crippen LogP contribution in [0.4, 0.5) is 0 Å². The molecule has 0 radical (unpaired) electrons. The summed E-state index contributed by atoms with van der Waals surface area (Å²) >= 11 is 0. The van der Waals surface area contributed by atoms with Crippen molar-refractivity contribution in [3.63, 3.8) is 0 Å². The first kappa shape index (κ1) is 13.5. The van der Waals surface area contributed by atoms with Gasteiger partial charge in [-0.05, 0) is 30.0 Å². The number of ether oxygens (including phenoxy) is 1. The molecule has 0 spiro atoms. The lowest BCUT2D eigenvalue weighted by atomic mass is 10.1. The maximum Gasteiger partial charge on any atom is 0.118 e. The van der Waals surface area contributed by atoms with Crippen molar-refractivity contribution in [3.8, 4) is 5.75 Å². The van der Waals surface area contributed by atoms with Gasteiger partial charge in [-0.2, -0.15) is 0 Å². The molecule has 0 aromatic heterocycles. The highest BCUT2D eigenvalue weighted by molar-refractivity contribution is 5.27. The number of rotatable bonds is 7. The minimum atomic E-state index is 0.448. The van der Waals surface area contributed by atoms with E-state index in [0.717, 1.165) is 12.2 Å². The van der Waals surface area contributed by atoms with Crippen molar-refractivity contribution in [1.82, 2.24) is 5.01 Å². The third-order valence-electron chi connectivity index (χ3n) is 2.51. The summed E-state index contributed by atoms with van der Waals surface area (Å²) in [6.45, 7) is 5.52. The van der Waals surface area contributed by atoms with Crippen LogP contribution in [0.1, 0.15) is 19.4 Å². The molecule has 0 saturated carbocycles. The van der Waals surface area contributed by atoms with Gasteiger partial charge < -0.3 is 4.74 Å². The molecule has 0 fully saturated rings. The average molecular weight is 236 g/mol. The van der Waals surface area contributed by atoms with Crippen LogP contribution in [-0.4, -0.2) is 25.2 Å². The predicted octanol–water partition coefficient (Wildman–Crippen LogP) is 2.88. The first-order valence-corrected chi connectivity index (χ1v) is 5.87. The Labute approximate surface area is 103 Å². The quantitative estimate of drug-likeness (QED) is 0.540. The fraction of sp³-hybridized carbons (Fsp3) is 0.538. The Morgan fingerprint density at radius 1 is 1.29 bits per heavy atom. The normalized spacial score (nSPS) is 10.4. The summed E-state index contributed by atoms with van der Waals surface area (Å²) < 4.78 is 5.09. The van der Waals surface area contributed by atoms with Gasteiger partial charge in [0.25, 0.3) is 0 Å². The van der Waals surface area contributed by atoms with Gasteiger partial charge in [-0.15, -0.1) is 4.91 Å². The van der Waals surface area contributed by atoms with Crippen molar-refractivity contribution in [1.29, 1.82) is 0 Å². The molecule has 0 heterocycles. The van der Waals surface area contributed by atoms with E-state index in [-0.39, 0.29) is 0 Å². The second-order valence-electron chi connectivity index (χ2n) is 4.49. The summed E-state index contributed by atoms with van der Waals surface area (Å²) in [5, 5.41) is 4.61. The van der Waals surface area contributed by atoms with E-state index in [2.05, 4.69) is 19.1 Å². The van der Waals surface area contributed by atoms with Crippen LogP contribution in [0, 0.1) is 10.8 Å². The maximum absolute atomic E-state index is 10.6. The highest BCUT2D eigenvalue weighted by Crippen LogP contribution is 2.12. The summed E-state index contributed by atoms with van der Waals surface area (Å²) in [5.41, 5.74) is 1.18. The number of methoxy groups -OCH3 is 1. The molecule has 0 atom stereocenters. The number of hydrogen-bond donors (Lipinski definition) is 0. The lowest BCUT2D eigenvalue weighted by molar-refractivity contribution is 0.255. The number of nitroso groups, excluding NO2 is 1. The van der Waals surface area contributed by atoms with E-state index in [9.17, 15) is 4.91 Å². The fourth-order valence-corrected chi connectivity index (χ4v) is 1.64. The Balaban J connectivity index is 2.44. The van der Waals surface area contributed by atoms with Crippen LogP contribution in [0.5, 0.6) is 5.75 Å². The molecule has 0 unspecified atom stereocenters. The number of benzene rings is 1. The van der Waals surface area contributed by atoms with Gasteiger partial charge in [-0.3, -0.25) is 5.01 Å². The standard InChI is InChI=1S/C13H20N2O2/c1-11(2)10-15(14-16)9-8-12-4-6-13(17-3)7-5-12/h4-7,11H,8-10H2,1-3H3. The Hall–Kier alpha value is -1.58. The third kappa shape index (κ3) is 4.85. The van der Waals surface area contributed by atoms with Gasteiger partial charge in [-0.1, -0.05) is 26.0 Å². The molecule has 0 aliphatic rings. The molecule has 4 nitrogen and oxygen atoms in total. The summed E-state index contributed by atoms with van der Waals surface area (Å²) in [7, 11) is 1.65. The average Bonchev–Trinajstić information content (AvgIpc) is 2.34. The van der Waals surface area contributed by atoms with E-state index in [4.69, 9.17) is 4.74 Å². The van der Waals surface area contributed by atoms with Gasteiger partial charge in [0.05, 0.1) is 12.4 Å². The van der Waals surface area contributed by atoms with E-state index >= 15 is 0 Å².